The Morgan fingerprint density at radius 1 is 1.11 bits per heavy atom. The van der Waals surface area contributed by atoms with Gasteiger partial charge < -0.3 is 15.7 Å². The van der Waals surface area contributed by atoms with Gasteiger partial charge >= 0.3 is 0 Å². The van der Waals surface area contributed by atoms with E-state index in [9.17, 15) is 5.11 Å². The molecule has 0 spiro atoms. The van der Waals surface area contributed by atoms with Crippen molar-refractivity contribution in [3.63, 3.8) is 0 Å². The van der Waals surface area contributed by atoms with Gasteiger partial charge in [0, 0.05) is 18.8 Å². The highest BCUT2D eigenvalue weighted by molar-refractivity contribution is 5.85. The van der Waals surface area contributed by atoms with Crippen LogP contribution in [0.4, 0.5) is 5.69 Å². The van der Waals surface area contributed by atoms with Gasteiger partial charge in [0.05, 0.1) is 12.1 Å². The highest BCUT2D eigenvalue weighted by Crippen LogP contribution is 2.37. The van der Waals surface area contributed by atoms with Crippen LogP contribution in [0.15, 0.2) is 24.3 Å². The fraction of sp³-hybridized carbons (Fsp3) is 0.600. The molecule has 1 aromatic carbocycles. The van der Waals surface area contributed by atoms with E-state index in [4.69, 9.17) is 5.73 Å². The highest BCUT2D eigenvalue weighted by atomic mass is 35.5. The van der Waals surface area contributed by atoms with E-state index in [1.807, 2.05) is 0 Å². The first-order valence-electron chi connectivity index (χ1n) is 7.04. The lowest BCUT2D eigenvalue weighted by molar-refractivity contribution is 0.122. The standard InChI is InChI=1S/C15H22N2O.ClH/c16-14(15(18)12-3-4-12)11-5-7-13(8-6-11)17-9-1-2-10-17;/h5-8,12,14-15,18H,1-4,9-10,16H2;1H/t14-,15+;/m1./s1. The number of nitrogens with zero attached hydrogens (tertiary/aromatic N) is 1. The molecule has 1 aliphatic heterocycles. The summed E-state index contributed by atoms with van der Waals surface area (Å²) in [6.45, 7) is 2.33. The Morgan fingerprint density at radius 2 is 1.68 bits per heavy atom. The normalized spacial score (nSPS) is 21.9. The molecular formula is C15H23ClN2O. The van der Waals surface area contributed by atoms with Crippen molar-refractivity contribution in [3.05, 3.63) is 29.8 Å². The SMILES string of the molecule is Cl.N[C@H](c1ccc(N2CCCC2)cc1)[C@@H](O)C1CC1. The van der Waals surface area contributed by atoms with Gasteiger partial charge in [0.1, 0.15) is 0 Å². The fourth-order valence-electron chi connectivity index (χ4n) is 2.81. The summed E-state index contributed by atoms with van der Waals surface area (Å²) in [6.07, 6.45) is 4.47. The molecular weight excluding hydrogens is 260 g/mol. The Bertz CT molecular complexity index is 399. The second kappa shape index (κ2) is 6.12. The largest absolute Gasteiger partial charge is 0.391 e. The number of rotatable bonds is 4. The quantitative estimate of drug-likeness (QED) is 0.892. The zero-order valence-electron chi connectivity index (χ0n) is 11.2. The minimum atomic E-state index is -0.373. The van der Waals surface area contributed by atoms with Gasteiger partial charge in [-0.25, -0.2) is 0 Å². The molecule has 3 nitrogen and oxygen atoms in total. The third-order valence-electron chi connectivity index (χ3n) is 4.22. The molecule has 2 atom stereocenters. The second-order valence-electron chi connectivity index (χ2n) is 5.64. The van der Waals surface area contributed by atoms with Crippen molar-refractivity contribution in [1.29, 1.82) is 0 Å². The first-order valence-corrected chi connectivity index (χ1v) is 7.04. The molecule has 0 unspecified atom stereocenters. The van der Waals surface area contributed by atoms with E-state index in [2.05, 4.69) is 29.2 Å². The molecule has 1 saturated heterocycles. The van der Waals surface area contributed by atoms with Gasteiger partial charge in [0.2, 0.25) is 0 Å². The average Bonchev–Trinajstić information content (AvgIpc) is 3.12. The van der Waals surface area contributed by atoms with Crippen molar-refractivity contribution >= 4 is 18.1 Å². The second-order valence-corrected chi connectivity index (χ2v) is 5.64. The van der Waals surface area contributed by atoms with Crippen molar-refractivity contribution in [2.24, 2.45) is 11.7 Å². The molecule has 0 radical (unpaired) electrons. The lowest BCUT2D eigenvalue weighted by Gasteiger charge is -2.21. The van der Waals surface area contributed by atoms with E-state index in [1.165, 1.54) is 18.5 Å². The minimum absolute atomic E-state index is 0. The van der Waals surface area contributed by atoms with E-state index in [1.54, 1.807) is 0 Å². The van der Waals surface area contributed by atoms with Gasteiger partial charge in [-0.05, 0) is 49.3 Å². The van der Waals surface area contributed by atoms with Gasteiger partial charge in [-0.15, -0.1) is 12.4 Å². The van der Waals surface area contributed by atoms with Crippen LogP contribution in [0, 0.1) is 5.92 Å². The Hall–Kier alpha value is -0.770. The molecule has 106 valence electrons. The van der Waals surface area contributed by atoms with Crippen molar-refractivity contribution in [3.8, 4) is 0 Å². The predicted molar refractivity (Wildman–Crippen MR) is 80.8 cm³/mol. The number of anilines is 1. The zero-order chi connectivity index (χ0) is 12.5. The Labute approximate surface area is 121 Å². The van der Waals surface area contributed by atoms with Crippen LogP contribution < -0.4 is 10.6 Å². The average molecular weight is 283 g/mol. The third kappa shape index (κ3) is 3.22. The van der Waals surface area contributed by atoms with Gasteiger partial charge in [-0.1, -0.05) is 12.1 Å². The number of halogens is 1. The lowest BCUT2D eigenvalue weighted by atomic mass is 9.99. The molecule has 0 aromatic heterocycles. The number of benzene rings is 1. The van der Waals surface area contributed by atoms with Crippen LogP contribution in [-0.2, 0) is 0 Å². The number of nitrogens with two attached hydrogens (primary N) is 1. The summed E-state index contributed by atoms with van der Waals surface area (Å²) in [6, 6.07) is 8.19. The third-order valence-corrected chi connectivity index (χ3v) is 4.22. The topological polar surface area (TPSA) is 49.5 Å². The molecule has 1 saturated carbocycles. The number of aliphatic hydroxyl groups is 1. The summed E-state index contributed by atoms with van der Waals surface area (Å²) in [7, 11) is 0. The molecule has 1 aliphatic carbocycles. The molecule has 3 N–H and O–H groups in total. The number of hydrogen-bond acceptors (Lipinski definition) is 3. The summed E-state index contributed by atoms with van der Waals surface area (Å²) in [5, 5.41) is 10.1. The number of hydrogen-bond donors (Lipinski definition) is 2. The minimum Gasteiger partial charge on any atom is -0.391 e. The van der Waals surface area contributed by atoms with E-state index in [0.717, 1.165) is 31.5 Å². The smallest absolute Gasteiger partial charge is 0.0760 e. The molecule has 1 heterocycles. The summed E-state index contributed by atoms with van der Waals surface area (Å²) in [5.41, 5.74) is 8.45. The van der Waals surface area contributed by atoms with Gasteiger partial charge in [0.25, 0.3) is 0 Å². The van der Waals surface area contributed by atoms with Crippen LogP contribution in [0.1, 0.15) is 37.3 Å². The Kier molecular flexibility index (Phi) is 4.71. The van der Waals surface area contributed by atoms with Crippen LogP contribution in [0.2, 0.25) is 0 Å². The fourth-order valence-corrected chi connectivity index (χ4v) is 2.81. The first-order chi connectivity index (χ1) is 8.75. The Morgan fingerprint density at radius 3 is 2.21 bits per heavy atom. The summed E-state index contributed by atoms with van der Waals surface area (Å²) in [4.78, 5) is 2.41. The molecule has 19 heavy (non-hydrogen) atoms. The van der Waals surface area contributed by atoms with Crippen LogP contribution in [0.5, 0.6) is 0 Å². The highest BCUT2D eigenvalue weighted by Gasteiger charge is 2.34. The molecule has 2 fully saturated rings. The van der Waals surface area contributed by atoms with E-state index >= 15 is 0 Å². The van der Waals surface area contributed by atoms with E-state index < -0.39 is 0 Å². The molecule has 0 amide bonds. The van der Waals surface area contributed by atoms with Gasteiger partial charge in [-0.3, -0.25) is 0 Å². The van der Waals surface area contributed by atoms with Crippen molar-refractivity contribution in [2.75, 3.05) is 18.0 Å². The molecule has 0 bridgehead atoms. The molecule has 4 heteroatoms. The lowest BCUT2D eigenvalue weighted by Crippen LogP contribution is -2.28. The van der Waals surface area contributed by atoms with Crippen molar-refractivity contribution in [2.45, 2.75) is 37.8 Å². The van der Waals surface area contributed by atoms with Crippen LogP contribution in [-0.4, -0.2) is 24.3 Å². The number of aliphatic hydroxyl groups excluding tert-OH is 1. The van der Waals surface area contributed by atoms with Crippen molar-refractivity contribution in [1.82, 2.24) is 0 Å². The summed E-state index contributed by atoms with van der Waals surface area (Å²) >= 11 is 0. The Balaban J connectivity index is 0.00000133. The van der Waals surface area contributed by atoms with Gasteiger partial charge in [0.15, 0.2) is 0 Å². The molecule has 1 aromatic rings. The van der Waals surface area contributed by atoms with Crippen LogP contribution >= 0.6 is 12.4 Å². The monoisotopic (exact) mass is 282 g/mol. The first kappa shape index (κ1) is 14.6. The maximum atomic E-state index is 10.1. The van der Waals surface area contributed by atoms with Crippen LogP contribution in [0.25, 0.3) is 0 Å². The molecule has 2 aliphatic rings. The van der Waals surface area contributed by atoms with E-state index in [-0.39, 0.29) is 24.6 Å². The van der Waals surface area contributed by atoms with Crippen molar-refractivity contribution < 1.29 is 5.11 Å². The summed E-state index contributed by atoms with van der Waals surface area (Å²) < 4.78 is 0. The zero-order valence-corrected chi connectivity index (χ0v) is 12.0. The van der Waals surface area contributed by atoms with Crippen LogP contribution in [0.3, 0.4) is 0 Å². The molecule has 3 rings (SSSR count). The maximum Gasteiger partial charge on any atom is 0.0760 e. The van der Waals surface area contributed by atoms with E-state index in [0.29, 0.717) is 5.92 Å². The van der Waals surface area contributed by atoms with Gasteiger partial charge in [-0.2, -0.15) is 0 Å². The maximum absolute atomic E-state index is 10.1. The predicted octanol–water partition coefficient (Wildman–Crippen LogP) is 2.48. The summed E-state index contributed by atoms with van der Waals surface area (Å²) in [5.74, 6) is 0.429.